The van der Waals surface area contributed by atoms with Crippen molar-refractivity contribution in [3.63, 3.8) is 0 Å². The lowest BCUT2D eigenvalue weighted by molar-refractivity contribution is -0.144. The zero-order chi connectivity index (χ0) is 35.6. The van der Waals surface area contributed by atoms with Crippen molar-refractivity contribution in [2.45, 2.75) is 51.7 Å². The second-order valence-electron chi connectivity index (χ2n) is 12.8. The molecule has 0 radical (unpaired) electrons. The van der Waals surface area contributed by atoms with Gasteiger partial charge in [-0.15, -0.1) is 0 Å². The summed E-state index contributed by atoms with van der Waals surface area (Å²) in [6.07, 6.45) is 2.73. The molecule has 0 saturated carbocycles. The number of ether oxygens (including phenoxy) is 1. The minimum absolute atomic E-state index is 0.00546. The van der Waals surface area contributed by atoms with Gasteiger partial charge in [0.25, 0.3) is 5.56 Å². The number of hydrogen-bond acceptors (Lipinski definition) is 8. The number of amides is 1. The second-order valence-corrected chi connectivity index (χ2v) is 12.8. The molecule has 1 amide bonds. The molecule has 0 bridgehead atoms. The number of carbonyl (C=O) groups is 2. The number of piperazine rings is 1. The lowest BCUT2D eigenvalue weighted by Crippen LogP contribution is -2.69. The highest BCUT2D eigenvalue weighted by Crippen LogP contribution is 2.47. The summed E-state index contributed by atoms with van der Waals surface area (Å²) in [4.78, 5) is 50.6. The Bertz CT molecular complexity index is 2100. The first-order chi connectivity index (χ1) is 23.2. The highest BCUT2D eigenvalue weighted by molar-refractivity contribution is 6.05. The number of phenols is 1. The number of carbonyl (C=O) groups excluding carboxylic acids is 2. The van der Waals surface area contributed by atoms with Gasteiger partial charge in [0.05, 0.1) is 46.9 Å². The number of benzene rings is 2. The molecule has 0 aliphatic carbocycles. The Morgan fingerprint density at radius 2 is 1.80 bits per heavy atom. The van der Waals surface area contributed by atoms with Crippen LogP contribution in [0.15, 0.2) is 54.0 Å². The van der Waals surface area contributed by atoms with Gasteiger partial charge in [-0.3, -0.25) is 19.1 Å². The maximum Gasteiger partial charge on any atom is 0.330 e. The average Bonchev–Trinajstić information content (AvgIpc) is 3.05. The van der Waals surface area contributed by atoms with Gasteiger partial charge < -0.3 is 24.5 Å². The fourth-order valence-corrected chi connectivity index (χ4v) is 7.32. The fourth-order valence-electron chi connectivity index (χ4n) is 7.32. The molecule has 4 aromatic rings. The number of phenolic OH excluding ortho intramolecular Hbond substituents is 1. The molecule has 1 saturated heterocycles. The second kappa shape index (κ2) is 12.3. The first-order valence-corrected chi connectivity index (χ1v) is 15.8. The molecule has 3 atom stereocenters. The molecular formula is C36H36F3N5O5. The molecule has 3 unspecified atom stereocenters. The van der Waals surface area contributed by atoms with Crippen molar-refractivity contribution in [1.29, 1.82) is 0 Å². The standard InChI is InChI=1S/C36H36F3N5O5/c1-8-25(46)42-16-23-33(36(48)49-7)41(6)34-32(43(23)15-19(42)5)20-14-22(38)27(26-21(37)10-9-11-24(26)45)28(39)31(20)44(35(34)47)30-18(4)12-13-40-29(30)17(2)3/h8-14,17,19,23,33,45H,1,15-16H2,2-7H3. The summed E-state index contributed by atoms with van der Waals surface area (Å²) in [5, 5.41) is 10.6. The quantitative estimate of drug-likeness (QED) is 0.228. The van der Waals surface area contributed by atoms with Gasteiger partial charge in [0.2, 0.25) is 5.91 Å². The van der Waals surface area contributed by atoms with Crippen LogP contribution in [-0.2, 0) is 14.3 Å². The number of anilines is 2. The number of pyridine rings is 2. The normalized spacial score (nSPS) is 18.8. The number of rotatable bonds is 5. The molecule has 0 spiro atoms. The first kappa shape index (κ1) is 33.6. The van der Waals surface area contributed by atoms with Crippen molar-refractivity contribution < 1.29 is 32.6 Å². The van der Waals surface area contributed by atoms with E-state index in [4.69, 9.17) is 4.74 Å². The summed E-state index contributed by atoms with van der Waals surface area (Å²) < 4.78 is 55.3. The van der Waals surface area contributed by atoms with Crippen LogP contribution in [0.3, 0.4) is 0 Å². The molecule has 2 aromatic heterocycles. The fraction of sp³-hybridized carbons (Fsp3) is 0.333. The summed E-state index contributed by atoms with van der Waals surface area (Å²) >= 11 is 0. The van der Waals surface area contributed by atoms with Gasteiger partial charge in [0.1, 0.15) is 29.1 Å². The number of halogens is 3. The topological polar surface area (TPSA) is 108 Å². The predicted molar refractivity (Wildman–Crippen MR) is 180 cm³/mol. The van der Waals surface area contributed by atoms with Crippen molar-refractivity contribution in [3.05, 3.63) is 88.2 Å². The summed E-state index contributed by atoms with van der Waals surface area (Å²) in [6, 6.07) is 3.58. The third-order valence-electron chi connectivity index (χ3n) is 9.57. The van der Waals surface area contributed by atoms with E-state index in [1.165, 1.54) is 31.2 Å². The lowest BCUT2D eigenvalue weighted by Gasteiger charge is -2.53. The highest BCUT2D eigenvalue weighted by atomic mass is 19.1. The molecule has 6 rings (SSSR count). The molecule has 10 nitrogen and oxygen atoms in total. The van der Waals surface area contributed by atoms with Crippen molar-refractivity contribution in [3.8, 4) is 22.6 Å². The number of methoxy groups -OCH3 is 1. The van der Waals surface area contributed by atoms with E-state index in [9.17, 15) is 14.7 Å². The first-order valence-electron chi connectivity index (χ1n) is 15.8. The van der Waals surface area contributed by atoms with Crippen LogP contribution in [0.2, 0.25) is 0 Å². The lowest BCUT2D eigenvalue weighted by atomic mass is 9.91. The van der Waals surface area contributed by atoms with Gasteiger partial charge in [-0.25, -0.2) is 18.0 Å². The largest absolute Gasteiger partial charge is 0.507 e. The summed E-state index contributed by atoms with van der Waals surface area (Å²) in [7, 11) is 2.73. The molecule has 256 valence electrons. The Balaban J connectivity index is 1.82. The van der Waals surface area contributed by atoms with E-state index < -0.39 is 64.0 Å². The van der Waals surface area contributed by atoms with Crippen LogP contribution in [0.25, 0.3) is 27.7 Å². The third-order valence-corrected chi connectivity index (χ3v) is 9.57. The van der Waals surface area contributed by atoms with E-state index in [1.807, 2.05) is 13.8 Å². The van der Waals surface area contributed by atoms with E-state index in [-0.39, 0.29) is 52.9 Å². The molecule has 2 aromatic carbocycles. The van der Waals surface area contributed by atoms with E-state index >= 15 is 18.0 Å². The van der Waals surface area contributed by atoms with Gasteiger partial charge in [-0.2, -0.15) is 0 Å². The number of aromatic nitrogens is 2. The van der Waals surface area contributed by atoms with Crippen molar-refractivity contribution >= 4 is 34.2 Å². The summed E-state index contributed by atoms with van der Waals surface area (Å²) in [5.74, 6) is -5.54. The highest BCUT2D eigenvalue weighted by Gasteiger charge is 2.50. The van der Waals surface area contributed by atoms with Crippen LogP contribution in [0.1, 0.15) is 37.9 Å². The number of fused-ring (bicyclic) bond motifs is 5. The van der Waals surface area contributed by atoms with Crippen molar-refractivity contribution in [2.75, 3.05) is 37.0 Å². The molecule has 49 heavy (non-hydrogen) atoms. The molecule has 1 N–H and O–H groups in total. The number of likely N-dealkylation sites (N-methyl/N-ethyl adjacent to an activating group) is 1. The SMILES string of the molecule is C=CC(=O)N1CC2C(C(=O)OC)N(C)c3c(c4cc(F)c(-c5c(O)cccc5F)c(F)c4n(-c4c(C)ccnc4C(C)C)c3=O)N2CC1C. The minimum atomic E-state index is -1.28. The Kier molecular flexibility index (Phi) is 8.41. The number of aryl methyl sites for hydroxylation is 1. The van der Waals surface area contributed by atoms with Crippen LogP contribution in [0.4, 0.5) is 24.5 Å². The maximum absolute atomic E-state index is 17.3. The van der Waals surface area contributed by atoms with Gasteiger partial charge in [-0.05, 0) is 55.7 Å². The van der Waals surface area contributed by atoms with E-state index in [1.54, 1.807) is 35.9 Å². The smallest absolute Gasteiger partial charge is 0.330 e. The van der Waals surface area contributed by atoms with Crippen molar-refractivity contribution in [1.82, 2.24) is 14.5 Å². The zero-order valence-corrected chi connectivity index (χ0v) is 27.9. The molecule has 2 aliphatic rings. The molecule has 4 heterocycles. The Hall–Kier alpha value is -5.33. The van der Waals surface area contributed by atoms with Crippen molar-refractivity contribution in [2.24, 2.45) is 0 Å². The third kappa shape index (κ3) is 5.01. The number of nitrogens with zero attached hydrogens (tertiary/aromatic N) is 5. The summed E-state index contributed by atoms with van der Waals surface area (Å²) in [5.41, 5.74) is -1.35. The van der Waals surface area contributed by atoms with E-state index in [0.717, 1.165) is 22.8 Å². The van der Waals surface area contributed by atoms with Crippen LogP contribution >= 0.6 is 0 Å². The molecular weight excluding hydrogens is 639 g/mol. The Morgan fingerprint density at radius 1 is 1.08 bits per heavy atom. The minimum Gasteiger partial charge on any atom is -0.507 e. The number of hydrogen-bond donors (Lipinski definition) is 1. The number of esters is 1. The van der Waals surface area contributed by atoms with Crippen LogP contribution in [0, 0.1) is 24.4 Å². The van der Waals surface area contributed by atoms with Crippen LogP contribution in [-0.4, -0.2) is 76.8 Å². The maximum atomic E-state index is 17.3. The van der Waals surface area contributed by atoms with Gasteiger partial charge in [-0.1, -0.05) is 26.5 Å². The molecule has 13 heteroatoms. The Morgan fingerprint density at radius 3 is 2.43 bits per heavy atom. The van der Waals surface area contributed by atoms with Gasteiger partial charge >= 0.3 is 5.97 Å². The van der Waals surface area contributed by atoms with Gasteiger partial charge in [0.15, 0.2) is 5.82 Å². The zero-order valence-electron chi connectivity index (χ0n) is 27.9. The average molecular weight is 676 g/mol. The summed E-state index contributed by atoms with van der Waals surface area (Å²) in [6.45, 7) is 10.9. The monoisotopic (exact) mass is 675 g/mol. The predicted octanol–water partition coefficient (Wildman–Crippen LogP) is 5.19. The molecule has 1 fully saturated rings. The van der Waals surface area contributed by atoms with Gasteiger partial charge in [0, 0.05) is 37.8 Å². The number of aromatic hydroxyl groups is 1. The van der Waals surface area contributed by atoms with Crippen LogP contribution < -0.4 is 15.4 Å². The molecule has 2 aliphatic heterocycles. The van der Waals surface area contributed by atoms with Crippen LogP contribution in [0.5, 0.6) is 5.75 Å². The van der Waals surface area contributed by atoms with E-state index in [2.05, 4.69) is 11.6 Å². The van der Waals surface area contributed by atoms with E-state index in [0.29, 0.717) is 11.3 Å². The Labute approximate surface area is 280 Å².